The topological polar surface area (TPSA) is 0 Å². The molecule has 0 heterocycles. The smallest absolute Gasteiger partial charge is 0.166 e. The average molecular weight is 390 g/mol. The van der Waals surface area contributed by atoms with E-state index in [1.165, 1.54) is 28.8 Å². The summed E-state index contributed by atoms with van der Waals surface area (Å²) in [5, 5.41) is 1.62. The van der Waals surface area contributed by atoms with Gasteiger partial charge in [-0.1, -0.05) is 66.3 Å². The highest BCUT2D eigenvalue weighted by molar-refractivity contribution is 5.94. The van der Waals surface area contributed by atoms with Crippen LogP contribution >= 0.6 is 0 Å². The van der Waals surface area contributed by atoms with E-state index in [1.807, 2.05) is 12.1 Å². The molecule has 2 aliphatic carbocycles. The minimum absolute atomic E-state index is 0.481. The minimum Gasteiger partial charge on any atom is -0.166 e. The Balaban J connectivity index is 1.50. The summed E-state index contributed by atoms with van der Waals surface area (Å²) in [6.45, 7) is 0. The first-order valence-electron chi connectivity index (χ1n) is 10.1. The number of halogens is 3. The third-order valence-corrected chi connectivity index (χ3v) is 6.19. The molecule has 5 rings (SSSR count). The lowest BCUT2D eigenvalue weighted by Crippen LogP contribution is -2.13. The molecule has 0 radical (unpaired) electrons. The number of hydrogen-bond acceptors (Lipinski definition) is 0. The van der Waals surface area contributed by atoms with Crippen molar-refractivity contribution in [1.82, 2.24) is 0 Å². The molecule has 0 fully saturated rings. The summed E-state index contributed by atoms with van der Waals surface area (Å²) < 4.78 is 39.7. The van der Waals surface area contributed by atoms with Gasteiger partial charge in [0, 0.05) is 0 Å². The van der Waals surface area contributed by atoms with E-state index in [0.717, 1.165) is 47.6 Å². The molecular weight excluding hydrogens is 369 g/mol. The summed E-state index contributed by atoms with van der Waals surface area (Å²) in [7, 11) is 0. The maximum Gasteiger partial charge on any atom is 0.416 e. The molecule has 0 aliphatic heterocycles. The van der Waals surface area contributed by atoms with E-state index < -0.39 is 11.7 Å². The molecule has 146 valence electrons. The van der Waals surface area contributed by atoms with Crippen molar-refractivity contribution in [2.24, 2.45) is 5.92 Å². The quantitative estimate of drug-likeness (QED) is 0.428. The van der Waals surface area contributed by atoms with Gasteiger partial charge in [0.15, 0.2) is 0 Å². The van der Waals surface area contributed by atoms with Crippen LogP contribution in [0.4, 0.5) is 13.2 Å². The Bertz CT molecular complexity index is 1130. The summed E-state index contributed by atoms with van der Waals surface area (Å²) in [6, 6.07) is 18.6. The Labute approximate surface area is 168 Å². The number of alkyl halides is 3. The van der Waals surface area contributed by atoms with E-state index in [1.54, 1.807) is 6.07 Å². The second kappa shape index (κ2) is 6.91. The number of allylic oxidation sites excluding steroid dienone is 4. The lowest BCUT2D eigenvalue weighted by molar-refractivity contribution is -0.137. The molecule has 0 nitrogen and oxygen atoms in total. The lowest BCUT2D eigenvalue weighted by atomic mass is 9.76. The molecular formula is C26H21F3. The van der Waals surface area contributed by atoms with Crippen molar-refractivity contribution in [3.63, 3.8) is 0 Å². The maximum absolute atomic E-state index is 13.2. The highest BCUT2D eigenvalue weighted by atomic mass is 19.4. The fourth-order valence-electron chi connectivity index (χ4n) is 4.77. The van der Waals surface area contributed by atoms with Gasteiger partial charge >= 0.3 is 6.18 Å². The molecule has 3 heteroatoms. The second-order valence-electron chi connectivity index (χ2n) is 8.06. The van der Waals surface area contributed by atoms with Crippen molar-refractivity contribution in [3.05, 3.63) is 101 Å². The molecule has 1 atom stereocenters. The van der Waals surface area contributed by atoms with Gasteiger partial charge in [-0.2, -0.15) is 13.2 Å². The lowest BCUT2D eigenvalue weighted by Gasteiger charge is -2.29. The highest BCUT2D eigenvalue weighted by Crippen LogP contribution is 2.42. The molecule has 1 unspecified atom stereocenters. The van der Waals surface area contributed by atoms with Gasteiger partial charge in [-0.15, -0.1) is 0 Å². The number of rotatable bonds is 2. The largest absolute Gasteiger partial charge is 0.416 e. The van der Waals surface area contributed by atoms with Gasteiger partial charge in [0.05, 0.1) is 5.56 Å². The summed E-state index contributed by atoms with van der Waals surface area (Å²) in [4.78, 5) is 0. The maximum atomic E-state index is 13.2. The van der Waals surface area contributed by atoms with Crippen molar-refractivity contribution in [2.75, 3.05) is 0 Å². The van der Waals surface area contributed by atoms with Crippen molar-refractivity contribution in [3.8, 4) is 0 Å². The number of aryl methyl sites for hydroxylation is 1. The molecule has 0 saturated heterocycles. The Morgan fingerprint density at radius 2 is 1.69 bits per heavy atom. The molecule has 0 amide bonds. The van der Waals surface area contributed by atoms with Gasteiger partial charge in [-0.05, 0) is 76.8 Å². The Hall–Kier alpha value is -2.81. The number of hydrogen-bond donors (Lipinski definition) is 0. The second-order valence-corrected chi connectivity index (χ2v) is 8.06. The Morgan fingerprint density at radius 1 is 0.897 bits per heavy atom. The fourth-order valence-corrected chi connectivity index (χ4v) is 4.77. The minimum atomic E-state index is -4.31. The van der Waals surface area contributed by atoms with Gasteiger partial charge in [-0.25, -0.2) is 0 Å². The standard InChI is InChI=1S/C26H21F3/c27-26(28,29)21-10-7-19-8-12-23-22-11-6-18(14-17-4-2-1-3-5-17)15-20(22)9-13-24(23)25(19)16-21/h1-8,10-12,16,18H,9,13-15H2. The zero-order valence-corrected chi connectivity index (χ0v) is 16.0. The van der Waals surface area contributed by atoms with Crippen LogP contribution in [0.3, 0.4) is 0 Å². The van der Waals surface area contributed by atoms with E-state index >= 15 is 0 Å². The van der Waals surface area contributed by atoms with E-state index in [0.29, 0.717) is 5.92 Å². The van der Waals surface area contributed by atoms with Crippen LogP contribution in [0.1, 0.15) is 35.1 Å². The predicted octanol–water partition coefficient (Wildman–Crippen LogP) is 7.38. The van der Waals surface area contributed by atoms with Gasteiger partial charge < -0.3 is 0 Å². The van der Waals surface area contributed by atoms with Crippen LogP contribution in [0.5, 0.6) is 0 Å². The molecule has 3 aromatic carbocycles. The first-order chi connectivity index (χ1) is 14.0. The van der Waals surface area contributed by atoms with Gasteiger partial charge in [0.2, 0.25) is 0 Å². The van der Waals surface area contributed by atoms with E-state index in [4.69, 9.17) is 0 Å². The van der Waals surface area contributed by atoms with Gasteiger partial charge in [0.1, 0.15) is 0 Å². The third kappa shape index (κ3) is 3.39. The summed E-state index contributed by atoms with van der Waals surface area (Å²) in [5.41, 5.74) is 5.58. The SMILES string of the molecule is FC(F)(F)c1ccc2ccc3c(c2c1)CCC1=C3C=CC(Cc2ccccc2)C1. The molecule has 29 heavy (non-hydrogen) atoms. The summed E-state index contributed by atoms with van der Waals surface area (Å²) >= 11 is 0. The summed E-state index contributed by atoms with van der Waals surface area (Å²) in [5.74, 6) is 0.481. The predicted molar refractivity (Wildman–Crippen MR) is 112 cm³/mol. The first-order valence-corrected chi connectivity index (χ1v) is 10.1. The molecule has 0 spiro atoms. The first kappa shape index (κ1) is 18.2. The van der Waals surface area contributed by atoms with Crippen LogP contribution in [0.15, 0.2) is 78.4 Å². The van der Waals surface area contributed by atoms with Crippen molar-refractivity contribution < 1.29 is 13.2 Å². The molecule has 0 bridgehead atoms. The Kier molecular flexibility index (Phi) is 4.34. The molecule has 0 aromatic heterocycles. The van der Waals surface area contributed by atoms with Crippen LogP contribution in [-0.4, -0.2) is 0 Å². The van der Waals surface area contributed by atoms with Crippen LogP contribution in [-0.2, 0) is 19.0 Å². The zero-order valence-electron chi connectivity index (χ0n) is 16.0. The Morgan fingerprint density at radius 3 is 2.48 bits per heavy atom. The van der Waals surface area contributed by atoms with Crippen LogP contribution < -0.4 is 0 Å². The van der Waals surface area contributed by atoms with Gasteiger partial charge in [-0.3, -0.25) is 0 Å². The van der Waals surface area contributed by atoms with E-state index in [-0.39, 0.29) is 0 Å². The zero-order chi connectivity index (χ0) is 20.0. The van der Waals surface area contributed by atoms with Crippen LogP contribution in [0.25, 0.3) is 16.3 Å². The normalized spacial score (nSPS) is 18.7. The average Bonchev–Trinajstić information content (AvgIpc) is 2.72. The summed E-state index contributed by atoms with van der Waals surface area (Å²) in [6.07, 6.45) is 3.94. The fraction of sp³-hybridized carbons (Fsp3) is 0.231. The van der Waals surface area contributed by atoms with E-state index in [2.05, 4.69) is 42.5 Å². The van der Waals surface area contributed by atoms with E-state index in [9.17, 15) is 13.2 Å². The number of fused-ring (bicyclic) bond motifs is 4. The molecule has 2 aliphatic rings. The highest BCUT2D eigenvalue weighted by Gasteiger charge is 2.31. The van der Waals surface area contributed by atoms with Crippen molar-refractivity contribution >= 4 is 16.3 Å². The number of benzene rings is 3. The monoisotopic (exact) mass is 390 g/mol. The van der Waals surface area contributed by atoms with Crippen LogP contribution in [0, 0.1) is 5.92 Å². The van der Waals surface area contributed by atoms with Gasteiger partial charge in [0.25, 0.3) is 0 Å². The van der Waals surface area contributed by atoms with Crippen molar-refractivity contribution in [2.45, 2.75) is 31.9 Å². The molecule has 0 saturated carbocycles. The van der Waals surface area contributed by atoms with Crippen molar-refractivity contribution in [1.29, 1.82) is 0 Å². The third-order valence-electron chi connectivity index (χ3n) is 6.19. The molecule has 0 N–H and O–H groups in total. The molecule has 3 aromatic rings. The van der Waals surface area contributed by atoms with Crippen LogP contribution in [0.2, 0.25) is 0 Å².